The van der Waals surface area contributed by atoms with Crippen LogP contribution in [0.3, 0.4) is 0 Å². The molecule has 30 valence electrons. The number of rotatable bonds is 2. The third-order valence-electron chi connectivity index (χ3n) is 0.178. The summed E-state index contributed by atoms with van der Waals surface area (Å²) in [6, 6.07) is 0. The molecular formula is C4H6I-. The summed E-state index contributed by atoms with van der Waals surface area (Å²) in [5, 5.41) is 0. The first-order valence-electron chi connectivity index (χ1n) is 1.25. The molecule has 0 nitrogen and oxygen atoms in total. The van der Waals surface area contributed by atoms with E-state index in [4.69, 9.17) is 0 Å². The van der Waals surface area contributed by atoms with Crippen LogP contribution in [0.1, 0.15) is 0 Å². The Morgan fingerprint density at radius 2 is 1.60 bits per heavy atom. The Balaban J connectivity index is 2.65. The summed E-state index contributed by atoms with van der Waals surface area (Å²) < 4.78 is 3.84. The van der Waals surface area contributed by atoms with E-state index < -0.39 is 0 Å². The van der Waals surface area contributed by atoms with Gasteiger partial charge in [-0.15, -0.1) is 0 Å². The topological polar surface area (TPSA) is 0 Å². The third-order valence-corrected chi connectivity index (χ3v) is 1.20. The Hall–Kier alpha value is 0.210. The van der Waals surface area contributed by atoms with Gasteiger partial charge in [0.15, 0.2) is 0 Å². The normalized spacial score (nSPS) is 7.20. The van der Waals surface area contributed by atoms with Gasteiger partial charge in [-0.1, -0.05) is 0 Å². The van der Waals surface area contributed by atoms with Crippen LogP contribution in [-0.2, 0) is 0 Å². The molecule has 0 unspecified atom stereocenters. The molecule has 0 fully saturated rings. The van der Waals surface area contributed by atoms with Crippen LogP contribution in [0.5, 0.6) is 0 Å². The molecule has 0 heterocycles. The second-order valence-corrected chi connectivity index (χ2v) is 2.92. The molecule has 0 amide bonds. The molecule has 1 heteroatoms. The molecule has 0 atom stereocenters. The van der Waals surface area contributed by atoms with E-state index in [0.29, 0.717) is 0 Å². The van der Waals surface area contributed by atoms with Crippen molar-refractivity contribution in [2.45, 2.75) is 0 Å². The second-order valence-electron chi connectivity index (χ2n) is 0.435. The predicted octanol–water partition coefficient (Wildman–Crippen LogP) is -1.64. The molecular weight excluding hydrogens is 175 g/mol. The van der Waals surface area contributed by atoms with Gasteiger partial charge >= 0.3 is 42.5 Å². The van der Waals surface area contributed by atoms with Gasteiger partial charge in [0, 0.05) is 0 Å². The fourth-order valence-electron chi connectivity index (χ4n) is 0.0630. The molecule has 5 heavy (non-hydrogen) atoms. The summed E-state index contributed by atoms with van der Waals surface area (Å²) in [5.74, 6) is 0. The standard InChI is InChI=1S/C4H6I/c1-3-5-4-2/h3-4H,1-2H2/q-1. The van der Waals surface area contributed by atoms with Gasteiger partial charge in [0.05, 0.1) is 0 Å². The summed E-state index contributed by atoms with van der Waals surface area (Å²) in [6.45, 7) is 7.06. The van der Waals surface area contributed by atoms with Crippen LogP contribution in [0.15, 0.2) is 21.3 Å². The first-order valence-corrected chi connectivity index (χ1v) is 3.74. The SMILES string of the molecule is C=C[I-]C=C. The summed E-state index contributed by atoms with van der Waals surface area (Å²) in [7, 11) is 0. The zero-order chi connectivity index (χ0) is 4.12. The Kier molecular flexibility index (Phi) is 4.39. The van der Waals surface area contributed by atoms with Gasteiger partial charge in [0.25, 0.3) is 0 Å². The number of halogens is 1. The van der Waals surface area contributed by atoms with Crippen LogP contribution in [0.25, 0.3) is 0 Å². The van der Waals surface area contributed by atoms with Crippen molar-refractivity contribution in [1.82, 2.24) is 0 Å². The van der Waals surface area contributed by atoms with Gasteiger partial charge in [-0.25, -0.2) is 0 Å². The summed E-state index contributed by atoms with van der Waals surface area (Å²) in [4.78, 5) is 0. The van der Waals surface area contributed by atoms with Gasteiger partial charge in [0.2, 0.25) is 0 Å². The maximum atomic E-state index is 3.53. The van der Waals surface area contributed by atoms with Gasteiger partial charge in [-0.3, -0.25) is 0 Å². The van der Waals surface area contributed by atoms with Crippen molar-refractivity contribution < 1.29 is 21.2 Å². The van der Waals surface area contributed by atoms with Crippen molar-refractivity contribution in [2.75, 3.05) is 0 Å². The quantitative estimate of drug-likeness (QED) is 0.448. The molecule has 0 rings (SSSR count). The molecule has 0 aromatic rings. The Bertz CT molecular complexity index is 32.9. The zero-order valence-electron chi connectivity index (χ0n) is 2.95. The van der Waals surface area contributed by atoms with Crippen molar-refractivity contribution >= 4 is 0 Å². The van der Waals surface area contributed by atoms with Gasteiger partial charge < -0.3 is 0 Å². The van der Waals surface area contributed by atoms with E-state index in [1.165, 1.54) is 0 Å². The summed E-state index contributed by atoms with van der Waals surface area (Å²) in [5.41, 5.74) is 0. The monoisotopic (exact) mass is 181 g/mol. The molecule has 0 aliphatic carbocycles. The molecule has 0 radical (unpaired) electrons. The molecule has 0 aliphatic heterocycles. The number of hydrogen-bond donors (Lipinski definition) is 0. The van der Waals surface area contributed by atoms with E-state index >= 15 is 0 Å². The Morgan fingerprint density at radius 3 is 1.60 bits per heavy atom. The fraction of sp³-hybridized carbons (Fsp3) is 0. The first kappa shape index (κ1) is 5.21. The van der Waals surface area contributed by atoms with Gasteiger partial charge in [-0.05, 0) is 0 Å². The maximum absolute atomic E-state index is 3.53. The minimum atomic E-state index is 0.159. The molecule has 0 aromatic heterocycles. The molecule has 0 aliphatic rings. The third kappa shape index (κ3) is 4.21. The fourth-order valence-corrected chi connectivity index (χ4v) is 0.423. The Labute approximate surface area is 42.8 Å². The van der Waals surface area contributed by atoms with E-state index in [1.54, 1.807) is 0 Å². The Morgan fingerprint density at radius 1 is 1.20 bits per heavy atom. The second kappa shape index (κ2) is 4.21. The van der Waals surface area contributed by atoms with E-state index in [0.717, 1.165) is 0 Å². The van der Waals surface area contributed by atoms with Crippen LogP contribution in [0.4, 0.5) is 0 Å². The van der Waals surface area contributed by atoms with Crippen molar-refractivity contribution in [3.8, 4) is 0 Å². The van der Waals surface area contributed by atoms with Crippen molar-refractivity contribution in [3.05, 3.63) is 21.3 Å². The first-order chi connectivity index (χ1) is 2.41. The molecule has 0 N–H and O–H groups in total. The van der Waals surface area contributed by atoms with Crippen LogP contribution >= 0.6 is 0 Å². The summed E-state index contributed by atoms with van der Waals surface area (Å²) >= 11 is 0.159. The van der Waals surface area contributed by atoms with Gasteiger partial charge in [-0.2, -0.15) is 0 Å². The number of hydrogen-bond acceptors (Lipinski definition) is 0. The van der Waals surface area contributed by atoms with Crippen LogP contribution in [0, 0.1) is 0 Å². The van der Waals surface area contributed by atoms with Crippen molar-refractivity contribution in [2.24, 2.45) is 0 Å². The van der Waals surface area contributed by atoms with E-state index in [1.807, 2.05) is 8.17 Å². The average Bonchev–Trinajstić information content (AvgIpc) is 1.41. The zero-order valence-corrected chi connectivity index (χ0v) is 5.10. The summed E-state index contributed by atoms with van der Waals surface area (Å²) in [6.07, 6.45) is 0. The van der Waals surface area contributed by atoms with Crippen LogP contribution in [0.2, 0.25) is 0 Å². The molecule has 0 aromatic carbocycles. The average molecular weight is 181 g/mol. The molecule has 0 spiro atoms. The van der Waals surface area contributed by atoms with E-state index in [-0.39, 0.29) is 21.2 Å². The van der Waals surface area contributed by atoms with E-state index in [9.17, 15) is 0 Å². The van der Waals surface area contributed by atoms with Crippen LogP contribution < -0.4 is 21.2 Å². The van der Waals surface area contributed by atoms with Crippen LogP contribution in [-0.4, -0.2) is 0 Å². The molecule has 0 bridgehead atoms. The molecule has 0 saturated carbocycles. The van der Waals surface area contributed by atoms with E-state index in [2.05, 4.69) is 13.2 Å². The molecule has 0 saturated heterocycles. The van der Waals surface area contributed by atoms with Crippen molar-refractivity contribution in [1.29, 1.82) is 0 Å². The predicted molar refractivity (Wildman–Crippen MR) is 20.4 cm³/mol. The minimum absolute atomic E-state index is 0.159. The van der Waals surface area contributed by atoms with Gasteiger partial charge in [0.1, 0.15) is 0 Å². The van der Waals surface area contributed by atoms with Crippen molar-refractivity contribution in [3.63, 3.8) is 0 Å².